The van der Waals surface area contributed by atoms with E-state index in [-0.39, 0.29) is 5.69 Å². The van der Waals surface area contributed by atoms with E-state index in [2.05, 4.69) is 16.5 Å². The number of hydrogen-bond acceptors (Lipinski definition) is 1. The SMILES string of the molecule is C=Cc1[nH]c(C)nc1/C(F)=C(\C)F.CC. The van der Waals surface area contributed by atoms with E-state index >= 15 is 0 Å². The van der Waals surface area contributed by atoms with E-state index in [9.17, 15) is 8.78 Å². The van der Waals surface area contributed by atoms with Crippen LogP contribution in [0, 0.1) is 6.92 Å². The number of aryl methyl sites for hydroxylation is 1. The molecule has 4 heteroatoms. The number of nitrogens with one attached hydrogen (secondary N) is 1. The molecule has 1 aromatic heterocycles. The average Bonchev–Trinajstić information content (AvgIpc) is 2.61. The number of hydrogen-bond donors (Lipinski definition) is 1. The third-order valence-electron chi connectivity index (χ3n) is 1.56. The van der Waals surface area contributed by atoms with Crippen molar-refractivity contribution in [2.45, 2.75) is 27.7 Å². The molecule has 0 spiro atoms. The molecule has 0 fully saturated rings. The van der Waals surface area contributed by atoms with Gasteiger partial charge in [0.25, 0.3) is 0 Å². The Morgan fingerprint density at radius 1 is 1.40 bits per heavy atom. The van der Waals surface area contributed by atoms with Crippen molar-refractivity contribution in [1.82, 2.24) is 9.97 Å². The molecule has 0 saturated carbocycles. The number of nitrogens with zero attached hydrogens (tertiary/aromatic N) is 1. The first kappa shape index (κ1) is 13.6. The molecule has 0 aliphatic carbocycles. The highest BCUT2D eigenvalue weighted by Gasteiger charge is 2.13. The Bertz CT molecular complexity index is 361. The summed E-state index contributed by atoms with van der Waals surface area (Å²) in [7, 11) is 0. The van der Waals surface area contributed by atoms with E-state index < -0.39 is 11.7 Å². The predicted molar refractivity (Wildman–Crippen MR) is 59.6 cm³/mol. The van der Waals surface area contributed by atoms with Crippen LogP contribution in [-0.2, 0) is 0 Å². The molecule has 1 heterocycles. The molecule has 84 valence electrons. The lowest BCUT2D eigenvalue weighted by Gasteiger charge is -1.93. The van der Waals surface area contributed by atoms with E-state index in [1.165, 1.54) is 6.08 Å². The maximum atomic E-state index is 13.1. The van der Waals surface area contributed by atoms with Gasteiger partial charge in [-0.15, -0.1) is 0 Å². The van der Waals surface area contributed by atoms with Gasteiger partial charge in [0.2, 0.25) is 0 Å². The molecule has 1 N–H and O–H groups in total. The van der Waals surface area contributed by atoms with Crippen molar-refractivity contribution in [3.8, 4) is 0 Å². The summed E-state index contributed by atoms with van der Waals surface area (Å²) in [5, 5.41) is 0. The molecule has 1 rings (SSSR count). The van der Waals surface area contributed by atoms with Gasteiger partial charge in [0.15, 0.2) is 5.83 Å². The zero-order valence-corrected chi connectivity index (χ0v) is 9.49. The van der Waals surface area contributed by atoms with Crippen LogP contribution >= 0.6 is 0 Å². The van der Waals surface area contributed by atoms with Gasteiger partial charge in [-0.1, -0.05) is 20.4 Å². The summed E-state index contributed by atoms with van der Waals surface area (Å²) in [6.45, 7) is 10.2. The highest BCUT2D eigenvalue weighted by molar-refractivity contribution is 5.66. The summed E-state index contributed by atoms with van der Waals surface area (Å²) in [6.07, 6.45) is 1.40. The van der Waals surface area contributed by atoms with Gasteiger partial charge in [-0.2, -0.15) is 0 Å². The fourth-order valence-electron chi connectivity index (χ4n) is 0.988. The zero-order valence-electron chi connectivity index (χ0n) is 9.49. The highest BCUT2D eigenvalue weighted by Crippen LogP contribution is 2.23. The van der Waals surface area contributed by atoms with Crippen LogP contribution in [0.15, 0.2) is 12.4 Å². The Balaban J connectivity index is 0.000000921. The monoisotopic (exact) mass is 214 g/mol. The van der Waals surface area contributed by atoms with Gasteiger partial charge in [-0.05, 0) is 19.9 Å². The van der Waals surface area contributed by atoms with Crippen molar-refractivity contribution in [3.05, 3.63) is 29.6 Å². The molecule has 0 bridgehead atoms. The van der Waals surface area contributed by atoms with Gasteiger partial charge >= 0.3 is 0 Å². The number of imidazole rings is 1. The largest absolute Gasteiger partial charge is 0.342 e. The molecular weight excluding hydrogens is 198 g/mol. The molecular formula is C11H16F2N2. The normalized spacial score (nSPS) is 11.3. The van der Waals surface area contributed by atoms with Crippen LogP contribution in [0.1, 0.15) is 38.0 Å². The minimum atomic E-state index is -0.945. The third kappa shape index (κ3) is 3.31. The maximum Gasteiger partial charge on any atom is 0.182 e. The van der Waals surface area contributed by atoms with Crippen molar-refractivity contribution in [1.29, 1.82) is 0 Å². The molecule has 15 heavy (non-hydrogen) atoms. The number of halogens is 2. The van der Waals surface area contributed by atoms with Gasteiger partial charge in [-0.3, -0.25) is 0 Å². The maximum absolute atomic E-state index is 13.1. The summed E-state index contributed by atoms with van der Waals surface area (Å²) in [5.41, 5.74) is 0.375. The Morgan fingerprint density at radius 3 is 2.33 bits per heavy atom. The predicted octanol–water partition coefficient (Wildman–Crippen LogP) is 4.01. The first-order valence-electron chi connectivity index (χ1n) is 4.77. The van der Waals surface area contributed by atoms with E-state index in [1.54, 1.807) is 6.92 Å². The first-order valence-corrected chi connectivity index (χ1v) is 4.77. The lowest BCUT2D eigenvalue weighted by Crippen LogP contribution is -1.84. The minimum Gasteiger partial charge on any atom is -0.342 e. The quantitative estimate of drug-likeness (QED) is 0.791. The van der Waals surface area contributed by atoms with Crippen LogP contribution < -0.4 is 0 Å². The third-order valence-corrected chi connectivity index (χ3v) is 1.56. The summed E-state index contributed by atoms with van der Waals surface area (Å²) < 4.78 is 25.6. The lowest BCUT2D eigenvalue weighted by atomic mass is 10.3. The second-order valence-electron chi connectivity index (χ2n) is 2.64. The fraction of sp³-hybridized carbons (Fsp3) is 0.364. The zero-order chi connectivity index (χ0) is 12.0. The van der Waals surface area contributed by atoms with Crippen LogP contribution in [0.3, 0.4) is 0 Å². The topological polar surface area (TPSA) is 28.7 Å². The molecule has 0 amide bonds. The Kier molecular flexibility index (Phi) is 5.52. The van der Waals surface area contributed by atoms with Crippen LogP contribution in [0.5, 0.6) is 0 Å². The van der Waals surface area contributed by atoms with Crippen LogP contribution in [0.25, 0.3) is 11.9 Å². The van der Waals surface area contributed by atoms with Gasteiger partial charge in [0, 0.05) is 0 Å². The first-order chi connectivity index (χ1) is 7.06. The molecule has 0 atom stereocenters. The summed E-state index contributed by atoms with van der Waals surface area (Å²) >= 11 is 0. The van der Waals surface area contributed by atoms with Crippen molar-refractivity contribution in [2.24, 2.45) is 0 Å². The van der Waals surface area contributed by atoms with Crippen molar-refractivity contribution < 1.29 is 8.78 Å². The molecule has 0 aliphatic rings. The van der Waals surface area contributed by atoms with Crippen molar-refractivity contribution >= 4 is 11.9 Å². The Hall–Kier alpha value is -1.45. The van der Waals surface area contributed by atoms with E-state index in [0.29, 0.717) is 11.5 Å². The Morgan fingerprint density at radius 2 is 1.93 bits per heavy atom. The number of aromatic amines is 1. The van der Waals surface area contributed by atoms with Gasteiger partial charge in [-0.25, -0.2) is 13.8 Å². The fourth-order valence-corrected chi connectivity index (χ4v) is 0.988. The standard InChI is InChI=1S/C9H10F2N2.C2H6/c1-4-7-9(8(11)5(2)10)13-6(3)12-7;1-2/h4H,1H2,2-3H3,(H,12,13);1-2H3/b8-5-;. The lowest BCUT2D eigenvalue weighted by molar-refractivity contribution is 0.604. The molecule has 0 unspecified atom stereocenters. The average molecular weight is 214 g/mol. The Labute approximate surface area is 88.7 Å². The second kappa shape index (κ2) is 6.11. The van der Waals surface area contributed by atoms with E-state index in [1.807, 2.05) is 13.8 Å². The van der Waals surface area contributed by atoms with E-state index in [0.717, 1.165) is 6.92 Å². The molecule has 0 saturated heterocycles. The number of allylic oxidation sites excluding steroid dienone is 1. The van der Waals surface area contributed by atoms with Gasteiger partial charge in [0.1, 0.15) is 17.3 Å². The van der Waals surface area contributed by atoms with Gasteiger partial charge < -0.3 is 4.98 Å². The summed E-state index contributed by atoms with van der Waals surface area (Å²) in [6, 6.07) is 0. The van der Waals surface area contributed by atoms with Crippen molar-refractivity contribution in [2.75, 3.05) is 0 Å². The molecule has 1 aromatic rings. The van der Waals surface area contributed by atoms with Crippen LogP contribution in [0.2, 0.25) is 0 Å². The minimum absolute atomic E-state index is 0.0208. The summed E-state index contributed by atoms with van der Waals surface area (Å²) in [4.78, 5) is 6.56. The molecule has 0 radical (unpaired) electrons. The van der Waals surface area contributed by atoms with Crippen LogP contribution in [0.4, 0.5) is 8.78 Å². The van der Waals surface area contributed by atoms with E-state index in [4.69, 9.17) is 0 Å². The number of aromatic nitrogens is 2. The summed E-state index contributed by atoms with van der Waals surface area (Å²) in [5.74, 6) is -1.30. The molecule has 0 aromatic carbocycles. The van der Waals surface area contributed by atoms with Crippen molar-refractivity contribution in [3.63, 3.8) is 0 Å². The number of H-pyrrole nitrogens is 1. The molecule has 0 aliphatic heterocycles. The molecule has 2 nitrogen and oxygen atoms in total. The smallest absolute Gasteiger partial charge is 0.182 e. The second-order valence-corrected chi connectivity index (χ2v) is 2.64. The number of rotatable bonds is 2. The van der Waals surface area contributed by atoms with Gasteiger partial charge in [0.05, 0.1) is 5.69 Å². The van der Waals surface area contributed by atoms with Crippen LogP contribution in [-0.4, -0.2) is 9.97 Å². The highest BCUT2D eigenvalue weighted by atomic mass is 19.2.